The molecule has 1 atom stereocenters. The molecule has 18 heavy (non-hydrogen) atoms. The summed E-state index contributed by atoms with van der Waals surface area (Å²) in [6, 6.07) is 2.37. The van der Waals surface area contributed by atoms with Crippen molar-refractivity contribution in [1.29, 1.82) is 5.26 Å². The van der Waals surface area contributed by atoms with Gasteiger partial charge in [-0.25, -0.2) is 4.98 Å². The Morgan fingerprint density at radius 1 is 1.33 bits per heavy atom. The Morgan fingerprint density at radius 2 is 1.94 bits per heavy atom. The second kappa shape index (κ2) is 6.01. The van der Waals surface area contributed by atoms with Gasteiger partial charge in [-0.05, 0) is 12.8 Å². The first kappa shape index (κ1) is 13.8. The van der Waals surface area contributed by atoms with Gasteiger partial charge in [0, 0.05) is 0 Å². The summed E-state index contributed by atoms with van der Waals surface area (Å²) >= 11 is 7.12. The van der Waals surface area contributed by atoms with Gasteiger partial charge in [0.05, 0.1) is 17.7 Å². The van der Waals surface area contributed by atoms with E-state index in [2.05, 4.69) is 11.1 Å². The lowest BCUT2D eigenvalue weighted by Gasteiger charge is -2.32. The fourth-order valence-corrected chi connectivity index (χ4v) is 3.65. The zero-order valence-electron chi connectivity index (χ0n) is 10.2. The highest BCUT2D eigenvalue weighted by Crippen LogP contribution is 2.45. The SMILES string of the molecule is N#CC1(C(O)c2ncc(Cl)s2)CCCCCCC1. The molecule has 0 aromatic carbocycles. The highest BCUT2D eigenvalue weighted by Gasteiger charge is 2.40. The topological polar surface area (TPSA) is 56.9 Å². The Bertz CT molecular complexity index is 432. The van der Waals surface area contributed by atoms with Crippen molar-refractivity contribution < 1.29 is 5.11 Å². The molecule has 0 spiro atoms. The third kappa shape index (κ3) is 2.85. The van der Waals surface area contributed by atoms with Gasteiger partial charge in [0.1, 0.15) is 15.4 Å². The Hall–Kier alpha value is -0.630. The van der Waals surface area contributed by atoms with E-state index >= 15 is 0 Å². The predicted molar refractivity (Wildman–Crippen MR) is 72.4 cm³/mol. The van der Waals surface area contributed by atoms with Crippen molar-refractivity contribution in [3.05, 3.63) is 15.5 Å². The van der Waals surface area contributed by atoms with Crippen molar-refractivity contribution in [2.45, 2.75) is 51.0 Å². The minimum absolute atomic E-state index is 0.558. The van der Waals surface area contributed by atoms with E-state index < -0.39 is 11.5 Å². The number of hydrogen-bond acceptors (Lipinski definition) is 4. The maximum atomic E-state index is 10.5. The highest BCUT2D eigenvalue weighted by molar-refractivity contribution is 7.15. The van der Waals surface area contributed by atoms with E-state index in [4.69, 9.17) is 11.6 Å². The van der Waals surface area contributed by atoms with Crippen molar-refractivity contribution in [1.82, 2.24) is 4.98 Å². The second-order valence-electron chi connectivity index (χ2n) is 4.94. The van der Waals surface area contributed by atoms with E-state index in [1.54, 1.807) is 6.20 Å². The smallest absolute Gasteiger partial charge is 0.124 e. The molecule has 5 heteroatoms. The molecule has 0 saturated heterocycles. The van der Waals surface area contributed by atoms with Crippen LogP contribution in [0.25, 0.3) is 0 Å². The largest absolute Gasteiger partial charge is 0.384 e. The second-order valence-corrected chi connectivity index (χ2v) is 6.63. The van der Waals surface area contributed by atoms with Crippen molar-refractivity contribution in [2.75, 3.05) is 0 Å². The summed E-state index contributed by atoms with van der Waals surface area (Å²) in [5, 5.41) is 20.6. The van der Waals surface area contributed by atoms with Crippen LogP contribution in [-0.2, 0) is 0 Å². The lowest BCUT2D eigenvalue weighted by atomic mass is 9.73. The van der Waals surface area contributed by atoms with E-state index in [0.717, 1.165) is 38.5 Å². The van der Waals surface area contributed by atoms with Gasteiger partial charge >= 0.3 is 0 Å². The van der Waals surface area contributed by atoms with Gasteiger partial charge in [-0.3, -0.25) is 0 Å². The lowest BCUT2D eigenvalue weighted by molar-refractivity contribution is 0.0432. The number of hydrogen-bond donors (Lipinski definition) is 1. The Labute approximate surface area is 116 Å². The Morgan fingerprint density at radius 3 is 2.44 bits per heavy atom. The van der Waals surface area contributed by atoms with Crippen LogP contribution in [0.4, 0.5) is 0 Å². The van der Waals surface area contributed by atoms with Gasteiger partial charge in [-0.1, -0.05) is 43.7 Å². The number of nitrogens with zero attached hydrogens (tertiary/aromatic N) is 2. The fourth-order valence-electron chi connectivity index (χ4n) is 2.61. The summed E-state index contributed by atoms with van der Waals surface area (Å²) in [5.74, 6) is 0. The molecule has 2 rings (SSSR count). The Kier molecular flexibility index (Phi) is 4.60. The summed E-state index contributed by atoms with van der Waals surface area (Å²) in [4.78, 5) is 4.12. The van der Waals surface area contributed by atoms with Crippen LogP contribution in [-0.4, -0.2) is 10.1 Å². The van der Waals surface area contributed by atoms with Gasteiger partial charge in [0.2, 0.25) is 0 Å². The van der Waals surface area contributed by atoms with Crippen LogP contribution in [0.15, 0.2) is 6.20 Å². The number of halogens is 1. The number of nitriles is 1. The number of aliphatic hydroxyl groups excluding tert-OH is 1. The molecule has 1 heterocycles. The zero-order chi connectivity index (χ0) is 13.0. The quantitative estimate of drug-likeness (QED) is 0.890. The van der Waals surface area contributed by atoms with E-state index in [-0.39, 0.29) is 0 Å². The van der Waals surface area contributed by atoms with Crippen molar-refractivity contribution >= 4 is 22.9 Å². The molecule has 98 valence electrons. The maximum Gasteiger partial charge on any atom is 0.124 e. The number of aliphatic hydroxyl groups is 1. The molecule has 0 aliphatic heterocycles. The summed E-state index contributed by atoms with van der Waals surface area (Å²) in [6.45, 7) is 0. The van der Waals surface area contributed by atoms with E-state index in [9.17, 15) is 10.4 Å². The van der Waals surface area contributed by atoms with E-state index in [1.807, 2.05) is 0 Å². The summed E-state index contributed by atoms with van der Waals surface area (Å²) < 4.78 is 0.558. The molecule has 0 radical (unpaired) electrons. The average molecular weight is 285 g/mol. The van der Waals surface area contributed by atoms with Gasteiger partial charge in [-0.2, -0.15) is 5.26 Å². The van der Waals surface area contributed by atoms with Crippen LogP contribution in [0.3, 0.4) is 0 Å². The van der Waals surface area contributed by atoms with Crippen LogP contribution in [0, 0.1) is 16.7 Å². The third-order valence-corrected chi connectivity index (χ3v) is 4.89. The van der Waals surface area contributed by atoms with Crippen LogP contribution >= 0.6 is 22.9 Å². The summed E-state index contributed by atoms with van der Waals surface area (Å²) in [7, 11) is 0. The molecule has 1 aromatic heterocycles. The van der Waals surface area contributed by atoms with Gasteiger partial charge < -0.3 is 5.11 Å². The highest BCUT2D eigenvalue weighted by atomic mass is 35.5. The standard InChI is InChI=1S/C13H17ClN2OS/c14-10-8-16-12(18-10)11(17)13(9-15)6-4-2-1-3-5-7-13/h8,11,17H,1-7H2. The predicted octanol–water partition coefficient (Wildman–Crippen LogP) is 4.08. The van der Waals surface area contributed by atoms with Crippen LogP contribution in [0.1, 0.15) is 56.1 Å². The molecule has 1 aliphatic rings. The first-order chi connectivity index (χ1) is 8.68. The molecule has 1 aromatic rings. The molecule has 1 saturated carbocycles. The van der Waals surface area contributed by atoms with Crippen molar-refractivity contribution in [3.8, 4) is 6.07 Å². The first-order valence-electron chi connectivity index (χ1n) is 6.38. The third-order valence-electron chi connectivity index (χ3n) is 3.72. The number of thiazole rings is 1. The zero-order valence-corrected chi connectivity index (χ0v) is 11.8. The maximum absolute atomic E-state index is 10.5. The molecule has 0 bridgehead atoms. The van der Waals surface area contributed by atoms with Crippen LogP contribution in [0.2, 0.25) is 4.34 Å². The first-order valence-corrected chi connectivity index (χ1v) is 7.58. The van der Waals surface area contributed by atoms with Crippen molar-refractivity contribution in [2.24, 2.45) is 5.41 Å². The van der Waals surface area contributed by atoms with Crippen LogP contribution < -0.4 is 0 Å². The minimum atomic E-state index is -0.807. The monoisotopic (exact) mass is 284 g/mol. The summed E-state index contributed by atoms with van der Waals surface area (Å²) in [6.07, 6.45) is 7.78. The van der Waals surface area contributed by atoms with Crippen molar-refractivity contribution in [3.63, 3.8) is 0 Å². The summed E-state index contributed by atoms with van der Waals surface area (Å²) in [5.41, 5.74) is -0.679. The molecule has 1 fully saturated rings. The molecule has 1 unspecified atom stereocenters. The fraction of sp³-hybridized carbons (Fsp3) is 0.692. The minimum Gasteiger partial charge on any atom is -0.384 e. The molecule has 0 amide bonds. The van der Waals surface area contributed by atoms with E-state index in [1.165, 1.54) is 17.8 Å². The molecular weight excluding hydrogens is 268 g/mol. The lowest BCUT2D eigenvalue weighted by Crippen LogP contribution is -2.28. The average Bonchev–Trinajstić information content (AvgIpc) is 2.76. The van der Waals surface area contributed by atoms with Gasteiger partial charge in [0.25, 0.3) is 0 Å². The Balaban J connectivity index is 2.21. The normalized spacial score (nSPS) is 21.6. The molecule has 1 aliphatic carbocycles. The number of rotatable bonds is 2. The van der Waals surface area contributed by atoms with Crippen LogP contribution in [0.5, 0.6) is 0 Å². The van der Waals surface area contributed by atoms with Gasteiger partial charge in [-0.15, -0.1) is 11.3 Å². The molecule has 3 nitrogen and oxygen atoms in total. The molecule has 1 N–H and O–H groups in total. The van der Waals surface area contributed by atoms with Gasteiger partial charge in [0.15, 0.2) is 0 Å². The number of aromatic nitrogens is 1. The van der Waals surface area contributed by atoms with E-state index in [0.29, 0.717) is 9.34 Å². The molecular formula is C13H17ClN2OS.